The summed E-state index contributed by atoms with van der Waals surface area (Å²) in [5.41, 5.74) is 4.67. The molecular formula is C23H24N2OS. The molecule has 0 unspecified atom stereocenters. The van der Waals surface area contributed by atoms with Gasteiger partial charge in [-0.2, -0.15) is 0 Å². The standard InChI is InChI=1S/C23H24N2OS/c1-23(2,3)17-11-9-16(10-12-17)20-14-27-22(24-20)25-21(26)19-13-18(19)15-7-5-4-6-8-15/h4-12,14,18-19H,13H2,1-3H3,(H,24,25,26)/t18-,19+/m1/s1. The van der Waals surface area contributed by atoms with Crippen molar-refractivity contribution < 1.29 is 4.79 Å². The molecule has 1 fully saturated rings. The van der Waals surface area contributed by atoms with E-state index in [9.17, 15) is 4.79 Å². The average molecular weight is 377 g/mol. The minimum Gasteiger partial charge on any atom is -0.302 e. The van der Waals surface area contributed by atoms with Gasteiger partial charge in [-0.3, -0.25) is 4.79 Å². The molecule has 2 aromatic carbocycles. The van der Waals surface area contributed by atoms with Crippen LogP contribution in [0.1, 0.15) is 44.2 Å². The molecule has 3 nitrogen and oxygen atoms in total. The molecule has 0 saturated heterocycles. The van der Waals surface area contributed by atoms with Crippen LogP contribution in [0.5, 0.6) is 0 Å². The Balaban J connectivity index is 1.41. The van der Waals surface area contributed by atoms with Crippen LogP contribution in [0.25, 0.3) is 11.3 Å². The van der Waals surface area contributed by atoms with Crippen LogP contribution >= 0.6 is 11.3 Å². The van der Waals surface area contributed by atoms with Gasteiger partial charge < -0.3 is 5.32 Å². The fraction of sp³-hybridized carbons (Fsp3) is 0.304. The Bertz CT molecular complexity index is 939. The molecule has 138 valence electrons. The molecule has 1 aliphatic carbocycles. The SMILES string of the molecule is CC(C)(C)c1ccc(-c2csc(NC(=O)[C@H]3C[C@@H]3c3ccccc3)n2)cc1. The highest BCUT2D eigenvalue weighted by atomic mass is 32.1. The highest BCUT2D eigenvalue weighted by molar-refractivity contribution is 7.14. The second-order valence-corrected chi connectivity index (χ2v) is 9.07. The number of anilines is 1. The van der Waals surface area contributed by atoms with Gasteiger partial charge in [0.25, 0.3) is 0 Å². The number of thiazole rings is 1. The van der Waals surface area contributed by atoms with Gasteiger partial charge in [-0.05, 0) is 28.9 Å². The minimum atomic E-state index is 0.0609. The highest BCUT2D eigenvalue weighted by Crippen LogP contribution is 2.48. The quantitative estimate of drug-likeness (QED) is 0.620. The first kappa shape index (κ1) is 17.9. The first-order chi connectivity index (χ1) is 12.9. The number of carbonyl (C=O) groups is 1. The van der Waals surface area contributed by atoms with Crippen molar-refractivity contribution in [2.45, 2.75) is 38.5 Å². The predicted octanol–water partition coefficient (Wildman–Crippen LogP) is 5.85. The monoisotopic (exact) mass is 376 g/mol. The number of rotatable bonds is 4. The van der Waals surface area contributed by atoms with Crippen molar-refractivity contribution in [3.05, 3.63) is 71.1 Å². The summed E-state index contributed by atoms with van der Waals surface area (Å²) < 4.78 is 0. The van der Waals surface area contributed by atoms with Crippen molar-refractivity contribution in [3.63, 3.8) is 0 Å². The van der Waals surface area contributed by atoms with Crippen molar-refractivity contribution >= 4 is 22.4 Å². The highest BCUT2D eigenvalue weighted by Gasteiger charge is 2.44. The lowest BCUT2D eigenvalue weighted by Crippen LogP contribution is -2.14. The third-order valence-corrected chi connectivity index (χ3v) is 5.89. The molecule has 27 heavy (non-hydrogen) atoms. The van der Waals surface area contributed by atoms with Crippen LogP contribution in [-0.4, -0.2) is 10.9 Å². The van der Waals surface area contributed by atoms with Crippen molar-refractivity contribution in [2.75, 3.05) is 5.32 Å². The van der Waals surface area contributed by atoms with E-state index < -0.39 is 0 Å². The lowest BCUT2D eigenvalue weighted by Gasteiger charge is -2.18. The molecule has 0 aliphatic heterocycles. The fourth-order valence-corrected chi connectivity index (χ4v) is 4.08. The number of aromatic nitrogens is 1. The molecular weight excluding hydrogens is 352 g/mol. The van der Waals surface area contributed by atoms with E-state index in [1.807, 2.05) is 23.6 Å². The van der Waals surface area contributed by atoms with Gasteiger partial charge in [0.1, 0.15) is 0 Å². The van der Waals surface area contributed by atoms with Crippen LogP contribution in [-0.2, 0) is 10.2 Å². The third-order valence-electron chi connectivity index (χ3n) is 5.14. The number of hydrogen-bond donors (Lipinski definition) is 1. The molecule has 1 aliphatic rings. The van der Waals surface area contributed by atoms with E-state index >= 15 is 0 Å². The molecule has 1 saturated carbocycles. The second kappa shape index (κ2) is 6.93. The van der Waals surface area contributed by atoms with Gasteiger partial charge in [-0.1, -0.05) is 75.4 Å². The minimum absolute atomic E-state index is 0.0609. The van der Waals surface area contributed by atoms with E-state index in [0.29, 0.717) is 11.0 Å². The van der Waals surface area contributed by atoms with Crippen molar-refractivity contribution in [3.8, 4) is 11.3 Å². The molecule has 2 atom stereocenters. The van der Waals surface area contributed by atoms with Crippen LogP contribution in [0.15, 0.2) is 60.0 Å². The Labute approximate surface area is 164 Å². The largest absolute Gasteiger partial charge is 0.302 e. The maximum atomic E-state index is 12.5. The number of amides is 1. The maximum absolute atomic E-state index is 12.5. The topological polar surface area (TPSA) is 42.0 Å². The molecule has 1 amide bonds. The summed E-state index contributed by atoms with van der Waals surface area (Å²) in [5, 5.41) is 5.68. The van der Waals surface area contributed by atoms with Crippen LogP contribution in [0.4, 0.5) is 5.13 Å². The third kappa shape index (κ3) is 3.96. The van der Waals surface area contributed by atoms with Gasteiger partial charge in [0.15, 0.2) is 5.13 Å². The molecule has 1 aromatic heterocycles. The molecule has 4 rings (SSSR count). The van der Waals surface area contributed by atoms with Gasteiger partial charge >= 0.3 is 0 Å². The zero-order chi connectivity index (χ0) is 19.0. The van der Waals surface area contributed by atoms with Crippen molar-refractivity contribution in [2.24, 2.45) is 5.92 Å². The predicted molar refractivity (Wildman–Crippen MR) is 112 cm³/mol. The molecule has 4 heteroatoms. The molecule has 1 N–H and O–H groups in total. The van der Waals surface area contributed by atoms with E-state index in [1.54, 1.807) is 0 Å². The number of benzene rings is 2. The molecule has 0 spiro atoms. The summed E-state index contributed by atoms with van der Waals surface area (Å²) in [7, 11) is 0. The van der Waals surface area contributed by atoms with Crippen molar-refractivity contribution in [1.82, 2.24) is 4.98 Å². The van der Waals surface area contributed by atoms with Gasteiger partial charge in [-0.15, -0.1) is 11.3 Å². The molecule has 3 aromatic rings. The second-order valence-electron chi connectivity index (χ2n) is 8.21. The van der Waals surface area contributed by atoms with E-state index in [2.05, 4.69) is 67.5 Å². The number of nitrogens with zero attached hydrogens (tertiary/aromatic N) is 1. The van der Waals surface area contributed by atoms with E-state index in [1.165, 1.54) is 22.5 Å². The van der Waals surface area contributed by atoms with E-state index in [4.69, 9.17) is 0 Å². The fourth-order valence-electron chi connectivity index (χ4n) is 3.36. The first-order valence-electron chi connectivity index (χ1n) is 9.34. The molecule has 0 bridgehead atoms. The Morgan fingerprint density at radius 1 is 1.07 bits per heavy atom. The maximum Gasteiger partial charge on any atom is 0.229 e. The Morgan fingerprint density at radius 2 is 1.78 bits per heavy atom. The lowest BCUT2D eigenvalue weighted by atomic mass is 9.86. The zero-order valence-corrected chi connectivity index (χ0v) is 16.7. The number of hydrogen-bond acceptors (Lipinski definition) is 3. The summed E-state index contributed by atoms with van der Waals surface area (Å²) in [6.07, 6.45) is 0.919. The van der Waals surface area contributed by atoms with Crippen LogP contribution in [0.3, 0.4) is 0 Å². The van der Waals surface area contributed by atoms with Crippen LogP contribution < -0.4 is 5.32 Å². The van der Waals surface area contributed by atoms with Gasteiger partial charge in [0.2, 0.25) is 5.91 Å². The Morgan fingerprint density at radius 3 is 2.44 bits per heavy atom. The number of nitrogens with one attached hydrogen (secondary N) is 1. The van der Waals surface area contributed by atoms with E-state index in [-0.39, 0.29) is 17.2 Å². The zero-order valence-electron chi connectivity index (χ0n) is 15.9. The van der Waals surface area contributed by atoms with Gasteiger partial charge in [-0.25, -0.2) is 4.98 Å². The van der Waals surface area contributed by atoms with Gasteiger partial charge in [0.05, 0.1) is 5.69 Å². The summed E-state index contributed by atoms with van der Waals surface area (Å²) in [6, 6.07) is 18.8. The number of carbonyl (C=O) groups excluding carboxylic acids is 1. The first-order valence-corrected chi connectivity index (χ1v) is 10.2. The molecule has 1 heterocycles. The summed E-state index contributed by atoms with van der Waals surface area (Å²) in [4.78, 5) is 17.1. The van der Waals surface area contributed by atoms with E-state index in [0.717, 1.165) is 17.7 Å². The Kier molecular flexibility index (Phi) is 4.60. The summed E-state index contributed by atoms with van der Waals surface area (Å²) in [5.74, 6) is 0.481. The van der Waals surface area contributed by atoms with Gasteiger partial charge in [0, 0.05) is 16.9 Å². The summed E-state index contributed by atoms with van der Waals surface area (Å²) in [6.45, 7) is 6.62. The van der Waals surface area contributed by atoms with Crippen LogP contribution in [0, 0.1) is 5.92 Å². The van der Waals surface area contributed by atoms with Crippen molar-refractivity contribution in [1.29, 1.82) is 0 Å². The molecule has 0 radical (unpaired) electrons. The summed E-state index contributed by atoms with van der Waals surface area (Å²) >= 11 is 1.48. The Hall–Kier alpha value is -2.46. The average Bonchev–Trinajstić information content (AvgIpc) is 3.34. The normalized spacial score (nSPS) is 18.9. The van der Waals surface area contributed by atoms with Crippen LogP contribution in [0.2, 0.25) is 0 Å². The smallest absolute Gasteiger partial charge is 0.229 e. The lowest BCUT2D eigenvalue weighted by molar-refractivity contribution is -0.117.